The minimum absolute atomic E-state index is 0.341. The van der Waals surface area contributed by atoms with E-state index in [4.69, 9.17) is 0 Å². The average molecular weight is 181 g/mol. The molecule has 2 heteroatoms. The Bertz CT molecular complexity index is 171. The summed E-state index contributed by atoms with van der Waals surface area (Å²) in [5.41, 5.74) is 0. The van der Waals surface area contributed by atoms with Gasteiger partial charge in [0, 0.05) is 12.8 Å². The molecule has 1 saturated heterocycles. The van der Waals surface area contributed by atoms with Gasteiger partial charge in [-0.1, -0.05) is 6.08 Å². The zero-order valence-electron chi connectivity index (χ0n) is 8.22. The molecule has 1 rings (SSSR count). The number of hydrogen-bond acceptors (Lipinski definition) is 2. The third-order valence-corrected chi connectivity index (χ3v) is 2.66. The molecule has 1 N–H and O–H groups in total. The van der Waals surface area contributed by atoms with E-state index in [-0.39, 0.29) is 0 Å². The Morgan fingerprint density at radius 1 is 1.46 bits per heavy atom. The first-order valence-corrected chi connectivity index (χ1v) is 5.16. The molecule has 13 heavy (non-hydrogen) atoms. The van der Waals surface area contributed by atoms with Gasteiger partial charge in [0.2, 0.25) is 0 Å². The molecule has 0 atom stereocenters. The van der Waals surface area contributed by atoms with Crippen molar-refractivity contribution < 1.29 is 4.79 Å². The summed E-state index contributed by atoms with van der Waals surface area (Å²) in [6.45, 7) is 5.82. The van der Waals surface area contributed by atoms with Crippen LogP contribution in [0.5, 0.6) is 0 Å². The first-order valence-electron chi connectivity index (χ1n) is 5.16. The van der Waals surface area contributed by atoms with Crippen molar-refractivity contribution in [2.45, 2.75) is 32.1 Å². The predicted molar refractivity (Wildman–Crippen MR) is 54.6 cm³/mol. The fourth-order valence-corrected chi connectivity index (χ4v) is 1.80. The molecule has 0 radical (unpaired) electrons. The molecule has 2 nitrogen and oxygen atoms in total. The van der Waals surface area contributed by atoms with Gasteiger partial charge < -0.3 is 5.32 Å². The number of Topliss-reactive ketones (excluding diaryl/α,β-unsaturated/α-hetero) is 1. The summed E-state index contributed by atoms with van der Waals surface area (Å²) in [7, 11) is 0. The SMILES string of the molecule is C=CCC(=O)CCC1CCNCC1. The second-order valence-corrected chi connectivity index (χ2v) is 3.76. The van der Waals surface area contributed by atoms with Gasteiger partial charge in [-0.05, 0) is 38.3 Å². The van der Waals surface area contributed by atoms with Gasteiger partial charge in [-0.15, -0.1) is 6.58 Å². The van der Waals surface area contributed by atoms with E-state index in [1.165, 1.54) is 12.8 Å². The normalized spacial score (nSPS) is 18.5. The van der Waals surface area contributed by atoms with E-state index in [0.717, 1.165) is 31.8 Å². The Labute approximate surface area is 80.4 Å². The number of nitrogens with one attached hydrogen (secondary N) is 1. The topological polar surface area (TPSA) is 29.1 Å². The van der Waals surface area contributed by atoms with Gasteiger partial charge in [-0.2, -0.15) is 0 Å². The highest BCUT2D eigenvalue weighted by Gasteiger charge is 2.13. The van der Waals surface area contributed by atoms with E-state index < -0.39 is 0 Å². The molecule has 0 aromatic heterocycles. The molecule has 0 bridgehead atoms. The summed E-state index contributed by atoms with van der Waals surface area (Å²) >= 11 is 0. The van der Waals surface area contributed by atoms with Crippen molar-refractivity contribution in [2.24, 2.45) is 5.92 Å². The van der Waals surface area contributed by atoms with Crippen LogP contribution in [0.4, 0.5) is 0 Å². The van der Waals surface area contributed by atoms with Crippen molar-refractivity contribution in [3.05, 3.63) is 12.7 Å². The van der Waals surface area contributed by atoms with Crippen molar-refractivity contribution >= 4 is 5.78 Å². The fraction of sp³-hybridized carbons (Fsp3) is 0.727. The molecule has 74 valence electrons. The lowest BCUT2D eigenvalue weighted by Gasteiger charge is -2.21. The van der Waals surface area contributed by atoms with Crippen LogP contribution in [0.2, 0.25) is 0 Å². The lowest BCUT2D eigenvalue weighted by Crippen LogP contribution is -2.27. The quantitative estimate of drug-likeness (QED) is 0.656. The number of piperidine rings is 1. The minimum atomic E-state index is 0.341. The average Bonchev–Trinajstić information content (AvgIpc) is 2.17. The molecule has 1 heterocycles. The molecule has 0 aliphatic carbocycles. The second kappa shape index (κ2) is 5.92. The number of carbonyl (C=O) groups excluding carboxylic acids is 1. The van der Waals surface area contributed by atoms with Gasteiger partial charge in [0.15, 0.2) is 0 Å². The fourth-order valence-electron chi connectivity index (χ4n) is 1.80. The van der Waals surface area contributed by atoms with Gasteiger partial charge in [0.05, 0.1) is 0 Å². The Morgan fingerprint density at radius 3 is 2.77 bits per heavy atom. The van der Waals surface area contributed by atoms with Crippen molar-refractivity contribution in [3.63, 3.8) is 0 Å². The van der Waals surface area contributed by atoms with Crippen LogP contribution in [0.15, 0.2) is 12.7 Å². The van der Waals surface area contributed by atoms with E-state index in [0.29, 0.717) is 12.2 Å². The Balaban J connectivity index is 2.09. The first kappa shape index (κ1) is 10.5. The zero-order chi connectivity index (χ0) is 9.52. The maximum Gasteiger partial charge on any atom is 0.136 e. The summed E-state index contributed by atoms with van der Waals surface area (Å²) in [6.07, 6.45) is 6.55. The van der Waals surface area contributed by atoms with E-state index in [1.807, 2.05) is 0 Å². The predicted octanol–water partition coefficient (Wildman–Crippen LogP) is 1.91. The van der Waals surface area contributed by atoms with Crippen LogP contribution in [-0.4, -0.2) is 18.9 Å². The molecule has 1 fully saturated rings. The summed E-state index contributed by atoms with van der Waals surface area (Å²) < 4.78 is 0. The summed E-state index contributed by atoms with van der Waals surface area (Å²) in [5.74, 6) is 1.11. The number of rotatable bonds is 5. The highest BCUT2D eigenvalue weighted by molar-refractivity contribution is 5.79. The third-order valence-electron chi connectivity index (χ3n) is 2.66. The zero-order valence-corrected chi connectivity index (χ0v) is 8.22. The van der Waals surface area contributed by atoms with Gasteiger partial charge in [0.25, 0.3) is 0 Å². The van der Waals surface area contributed by atoms with Crippen molar-refractivity contribution in [1.82, 2.24) is 5.32 Å². The Kier molecular flexibility index (Phi) is 4.76. The Morgan fingerprint density at radius 2 is 2.15 bits per heavy atom. The highest BCUT2D eigenvalue weighted by atomic mass is 16.1. The van der Waals surface area contributed by atoms with E-state index in [1.54, 1.807) is 6.08 Å². The summed E-state index contributed by atoms with van der Waals surface area (Å²) in [4.78, 5) is 11.2. The maximum absolute atomic E-state index is 11.2. The lowest BCUT2D eigenvalue weighted by atomic mass is 9.92. The van der Waals surface area contributed by atoms with Crippen molar-refractivity contribution in [3.8, 4) is 0 Å². The molecular formula is C11H19NO. The molecule has 0 spiro atoms. The van der Waals surface area contributed by atoms with E-state index >= 15 is 0 Å². The van der Waals surface area contributed by atoms with Crippen molar-refractivity contribution in [1.29, 1.82) is 0 Å². The molecule has 1 aliphatic heterocycles. The summed E-state index contributed by atoms with van der Waals surface area (Å²) in [5, 5.41) is 3.33. The standard InChI is InChI=1S/C11H19NO/c1-2-3-11(13)5-4-10-6-8-12-9-7-10/h2,10,12H,1,3-9H2. The maximum atomic E-state index is 11.2. The highest BCUT2D eigenvalue weighted by Crippen LogP contribution is 2.18. The monoisotopic (exact) mass is 181 g/mol. The van der Waals surface area contributed by atoms with Gasteiger partial charge in [-0.3, -0.25) is 4.79 Å². The van der Waals surface area contributed by atoms with Crippen LogP contribution in [0, 0.1) is 5.92 Å². The number of carbonyl (C=O) groups is 1. The van der Waals surface area contributed by atoms with Crippen LogP contribution in [0.1, 0.15) is 32.1 Å². The van der Waals surface area contributed by atoms with E-state index in [9.17, 15) is 4.79 Å². The van der Waals surface area contributed by atoms with Gasteiger partial charge >= 0.3 is 0 Å². The first-order chi connectivity index (χ1) is 6.33. The molecule has 0 saturated carbocycles. The second-order valence-electron chi connectivity index (χ2n) is 3.76. The number of ketones is 1. The van der Waals surface area contributed by atoms with E-state index in [2.05, 4.69) is 11.9 Å². The molecular weight excluding hydrogens is 162 g/mol. The molecule has 0 aromatic carbocycles. The van der Waals surface area contributed by atoms with Gasteiger partial charge in [-0.25, -0.2) is 0 Å². The summed E-state index contributed by atoms with van der Waals surface area (Å²) in [6, 6.07) is 0. The van der Waals surface area contributed by atoms with Gasteiger partial charge in [0.1, 0.15) is 5.78 Å². The minimum Gasteiger partial charge on any atom is -0.317 e. The third kappa shape index (κ3) is 4.23. The van der Waals surface area contributed by atoms with Crippen LogP contribution in [-0.2, 0) is 4.79 Å². The number of allylic oxidation sites excluding steroid dienone is 1. The van der Waals surface area contributed by atoms with Crippen LogP contribution < -0.4 is 5.32 Å². The molecule has 0 aromatic rings. The molecule has 1 aliphatic rings. The van der Waals surface area contributed by atoms with Crippen LogP contribution in [0.3, 0.4) is 0 Å². The van der Waals surface area contributed by atoms with Crippen molar-refractivity contribution in [2.75, 3.05) is 13.1 Å². The Hall–Kier alpha value is -0.630. The largest absolute Gasteiger partial charge is 0.317 e. The number of hydrogen-bond donors (Lipinski definition) is 1. The molecule has 0 unspecified atom stereocenters. The van der Waals surface area contributed by atoms with Crippen LogP contribution >= 0.6 is 0 Å². The molecule has 0 amide bonds. The smallest absolute Gasteiger partial charge is 0.136 e. The van der Waals surface area contributed by atoms with Crippen LogP contribution in [0.25, 0.3) is 0 Å². The lowest BCUT2D eigenvalue weighted by molar-refractivity contribution is -0.118.